The molecule has 7 aliphatic rings. The molecule has 4 saturated carbocycles. The third-order valence-electron chi connectivity index (χ3n) is 10.8. The van der Waals surface area contributed by atoms with Gasteiger partial charge in [0, 0.05) is 6.42 Å². The highest BCUT2D eigenvalue weighted by molar-refractivity contribution is 7.85. The molecule has 0 aromatic heterocycles. The van der Waals surface area contributed by atoms with E-state index in [1.807, 2.05) is 0 Å². The predicted octanol–water partition coefficient (Wildman–Crippen LogP) is 3.95. The molecule has 5 unspecified atom stereocenters. The van der Waals surface area contributed by atoms with Crippen molar-refractivity contribution in [2.24, 2.45) is 28.6 Å². The summed E-state index contributed by atoms with van der Waals surface area (Å²) in [5.74, 6) is -0.817. The van der Waals surface area contributed by atoms with Crippen LogP contribution in [0.25, 0.3) is 0 Å². The molecule has 0 amide bonds. The second-order valence-electron chi connectivity index (χ2n) is 14.3. The van der Waals surface area contributed by atoms with Crippen LogP contribution in [0.3, 0.4) is 0 Å². The molecular weight excluding hydrogens is 564 g/mol. The lowest BCUT2D eigenvalue weighted by atomic mass is 9.49. The molecule has 228 valence electrons. The number of hydrogen-bond donors (Lipinski definition) is 0. The Labute approximate surface area is 245 Å². The highest BCUT2D eigenvalue weighted by Crippen LogP contribution is 2.61. The molecule has 3 saturated heterocycles. The molecule has 6 bridgehead atoms. The van der Waals surface area contributed by atoms with E-state index in [0.29, 0.717) is 17.8 Å². The van der Waals surface area contributed by atoms with Crippen LogP contribution < -0.4 is 4.74 Å². The number of carbonyl (C=O) groups excluding carboxylic acids is 3. The summed E-state index contributed by atoms with van der Waals surface area (Å²) in [7, 11) is -4.80. The lowest BCUT2D eigenvalue weighted by Crippen LogP contribution is -2.54. The second kappa shape index (κ2) is 9.25. The predicted molar refractivity (Wildman–Crippen MR) is 144 cm³/mol. The van der Waals surface area contributed by atoms with Crippen LogP contribution >= 0.6 is 0 Å². The Morgan fingerprint density at radius 2 is 1.48 bits per heavy atom. The van der Waals surface area contributed by atoms with E-state index in [2.05, 4.69) is 0 Å². The molecule has 8 rings (SSSR count). The van der Waals surface area contributed by atoms with E-state index in [4.69, 9.17) is 18.9 Å². The van der Waals surface area contributed by atoms with Crippen molar-refractivity contribution >= 4 is 28.0 Å². The molecule has 5 atom stereocenters. The van der Waals surface area contributed by atoms with Crippen molar-refractivity contribution < 1.29 is 46.3 Å². The van der Waals surface area contributed by atoms with E-state index in [1.54, 1.807) is 27.7 Å². The molecular formula is C31H37O10S-. The van der Waals surface area contributed by atoms with Gasteiger partial charge in [0.2, 0.25) is 0 Å². The maximum Gasteiger partial charge on any atom is 0.331 e. The van der Waals surface area contributed by atoms with E-state index >= 15 is 0 Å². The quantitative estimate of drug-likeness (QED) is 0.195. The number of carbonyl (C=O) groups is 3. The average molecular weight is 602 g/mol. The van der Waals surface area contributed by atoms with Crippen molar-refractivity contribution in [2.75, 3.05) is 0 Å². The molecule has 3 heterocycles. The van der Waals surface area contributed by atoms with E-state index in [0.717, 1.165) is 19.3 Å². The number of fused-ring (bicyclic) bond motifs is 1. The van der Waals surface area contributed by atoms with Crippen molar-refractivity contribution in [3.63, 3.8) is 0 Å². The van der Waals surface area contributed by atoms with Gasteiger partial charge in [-0.05, 0) is 91.4 Å². The lowest BCUT2D eigenvalue weighted by molar-refractivity contribution is -0.184. The summed E-state index contributed by atoms with van der Waals surface area (Å²) in [5, 5.41) is 0. The van der Waals surface area contributed by atoms with E-state index in [1.165, 1.54) is 31.4 Å². The largest absolute Gasteiger partial charge is 0.744 e. The van der Waals surface area contributed by atoms with Crippen LogP contribution in [0.4, 0.5) is 0 Å². The molecule has 1 aromatic carbocycles. The van der Waals surface area contributed by atoms with Gasteiger partial charge in [0.05, 0.1) is 10.3 Å². The van der Waals surface area contributed by atoms with Crippen LogP contribution in [0.15, 0.2) is 17.0 Å². The maximum atomic E-state index is 13.7. The summed E-state index contributed by atoms with van der Waals surface area (Å²) in [6.45, 7) is 6.97. The Morgan fingerprint density at radius 3 is 1.98 bits per heavy atom. The van der Waals surface area contributed by atoms with E-state index in [-0.39, 0.29) is 46.0 Å². The highest BCUT2D eigenvalue weighted by atomic mass is 32.2. The fourth-order valence-electron chi connectivity index (χ4n) is 9.36. The van der Waals surface area contributed by atoms with Crippen molar-refractivity contribution in [3.8, 4) is 5.75 Å². The van der Waals surface area contributed by atoms with Gasteiger partial charge in [-0.1, -0.05) is 27.7 Å². The summed E-state index contributed by atoms with van der Waals surface area (Å²) in [6, 6.07) is 2.75. The molecule has 0 N–H and O–H groups in total. The number of ether oxygens (including phenoxy) is 4. The smallest absolute Gasteiger partial charge is 0.331 e. The van der Waals surface area contributed by atoms with Gasteiger partial charge < -0.3 is 23.5 Å². The molecule has 1 aromatic rings. The van der Waals surface area contributed by atoms with Gasteiger partial charge in [-0.25, -0.2) is 8.42 Å². The molecule has 3 aliphatic heterocycles. The Bertz CT molecular complexity index is 1410. The summed E-state index contributed by atoms with van der Waals surface area (Å²) < 4.78 is 60.1. The van der Waals surface area contributed by atoms with Crippen LogP contribution in [-0.4, -0.2) is 55.3 Å². The van der Waals surface area contributed by atoms with Crippen molar-refractivity contribution in [3.05, 3.63) is 23.3 Å². The Morgan fingerprint density at radius 1 is 0.929 bits per heavy atom. The molecule has 10 nitrogen and oxygen atoms in total. The zero-order chi connectivity index (χ0) is 29.9. The van der Waals surface area contributed by atoms with Crippen molar-refractivity contribution in [1.82, 2.24) is 0 Å². The summed E-state index contributed by atoms with van der Waals surface area (Å²) in [5.41, 5.74) is -1.70. The van der Waals surface area contributed by atoms with Gasteiger partial charge in [-0.2, -0.15) is 0 Å². The van der Waals surface area contributed by atoms with Gasteiger partial charge in [0.15, 0.2) is 17.6 Å². The molecule has 7 fully saturated rings. The fourth-order valence-corrected chi connectivity index (χ4v) is 10.5. The van der Waals surface area contributed by atoms with Crippen LogP contribution in [0.2, 0.25) is 0 Å². The van der Waals surface area contributed by atoms with Gasteiger partial charge in [-0.3, -0.25) is 14.4 Å². The van der Waals surface area contributed by atoms with Crippen LogP contribution in [-0.2, 0) is 38.7 Å². The molecule has 0 radical (unpaired) electrons. The van der Waals surface area contributed by atoms with Crippen LogP contribution in [0.1, 0.15) is 95.6 Å². The third kappa shape index (κ3) is 4.02. The van der Waals surface area contributed by atoms with Crippen molar-refractivity contribution in [1.29, 1.82) is 0 Å². The average Bonchev–Trinajstić information content (AvgIpc) is 3.49. The Hall–Kier alpha value is -2.50. The minimum absolute atomic E-state index is 0.0360. The highest BCUT2D eigenvalue weighted by Gasteiger charge is 2.77. The molecule has 4 aliphatic carbocycles. The number of benzene rings is 1. The van der Waals surface area contributed by atoms with Gasteiger partial charge in [-0.15, -0.1) is 0 Å². The summed E-state index contributed by atoms with van der Waals surface area (Å²) >= 11 is 0. The minimum Gasteiger partial charge on any atom is -0.744 e. The first-order valence-corrected chi connectivity index (χ1v) is 16.6. The van der Waals surface area contributed by atoms with E-state index < -0.39 is 57.3 Å². The fraction of sp³-hybridized carbons (Fsp3) is 0.710. The Kier molecular flexibility index (Phi) is 6.23. The van der Waals surface area contributed by atoms with Crippen LogP contribution in [0.5, 0.6) is 5.75 Å². The maximum absolute atomic E-state index is 13.7. The van der Waals surface area contributed by atoms with Gasteiger partial charge >= 0.3 is 17.9 Å². The number of hydrogen-bond acceptors (Lipinski definition) is 10. The third-order valence-corrected chi connectivity index (χ3v) is 11.8. The lowest BCUT2D eigenvalue weighted by Gasteiger charge is -2.55. The van der Waals surface area contributed by atoms with E-state index in [9.17, 15) is 27.4 Å². The minimum atomic E-state index is -4.80. The van der Waals surface area contributed by atoms with Crippen molar-refractivity contribution in [2.45, 2.75) is 114 Å². The zero-order valence-electron chi connectivity index (χ0n) is 24.3. The zero-order valence-corrected chi connectivity index (χ0v) is 25.1. The standard InChI is InChI=1S/C31H38O10S/c1-14(2)20-8-19(9-21(15(3)4)25(20)42(35,36)37)38-28(33)31-13-22-23(24(26(31)39-22)41-29(31)34)40-27(32)30-10-16-5-17(11-30)7-18(6-16)12-30/h8-9,14-18,22-24,26H,5-7,10-13H2,1-4H3,(H,35,36,37)/p-1. The first-order valence-electron chi connectivity index (χ1n) is 15.2. The van der Waals surface area contributed by atoms with Crippen LogP contribution in [0, 0.1) is 28.6 Å². The number of rotatable bonds is 7. The monoisotopic (exact) mass is 601 g/mol. The first kappa shape index (κ1) is 28.3. The topological polar surface area (TPSA) is 145 Å². The molecule has 0 spiro atoms. The first-order chi connectivity index (χ1) is 19.7. The Balaban J connectivity index is 1.12. The van der Waals surface area contributed by atoms with Gasteiger partial charge in [0.25, 0.3) is 0 Å². The second-order valence-corrected chi connectivity index (χ2v) is 15.6. The molecule has 42 heavy (non-hydrogen) atoms. The summed E-state index contributed by atoms with van der Waals surface area (Å²) in [6.07, 6.45) is 2.80. The van der Waals surface area contributed by atoms with Gasteiger partial charge in [0.1, 0.15) is 28.1 Å². The normalized spacial score (nSPS) is 39.3. The molecule has 11 heteroatoms. The summed E-state index contributed by atoms with van der Waals surface area (Å²) in [4.78, 5) is 40.3. The SMILES string of the molecule is CC(C)c1cc(OC(=O)C23CC4OC2C(OC3=O)C4OC(=O)C23CC4CC(CC(C4)C2)C3)cc(C(C)C)c1S(=O)(=O)[O-]. The number of esters is 3.